The van der Waals surface area contributed by atoms with Crippen LogP contribution in [0.5, 0.6) is 0 Å². The minimum Gasteiger partial charge on any atom is -0.338 e. The summed E-state index contributed by atoms with van der Waals surface area (Å²) in [7, 11) is 0. The SMILES string of the molecule is O=C(NCC1CCCCC1)N1CCCC(c2nccn2Cc2cccnc2)C1. The number of piperidine rings is 1. The predicted molar refractivity (Wildman–Crippen MR) is 109 cm³/mol. The summed E-state index contributed by atoms with van der Waals surface area (Å²) in [5.41, 5.74) is 1.17. The molecule has 2 aliphatic rings. The molecule has 3 heterocycles. The maximum Gasteiger partial charge on any atom is 0.317 e. The van der Waals surface area contributed by atoms with Crippen molar-refractivity contribution >= 4 is 6.03 Å². The first-order valence-electron chi connectivity index (χ1n) is 10.7. The van der Waals surface area contributed by atoms with E-state index in [1.54, 1.807) is 6.20 Å². The van der Waals surface area contributed by atoms with Gasteiger partial charge in [0.2, 0.25) is 0 Å². The van der Waals surface area contributed by atoms with Gasteiger partial charge in [-0.3, -0.25) is 4.98 Å². The number of imidazole rings is 1. The highest BCUT2D eigenvalue weighted by Gasteiger charge is 2.28. The summed E-state index contributed by atoms with van der Waals surface area (Å²) in [5.74, 6) is 2.03. The molecule has 1 saturated heterocycles. The number of rotatable bonds is 5. The lowest BCUT2D eigenvalue weighted by molar-refractivity contribution is 0.174. The number of carbonyl (C=O) groups excluding carboxylic acids is 1. The number of aromatic nitrogens is 3. The van der Waals surface area contributed by atoms with Gasteiger partial charge in [-0.25, -0.2) is 9.78 Å². The van der Waals surface area contributed by atoms with Crippen LogP contribution in [0.4, 0.5) is 4.79 Å². The number of pyridine rings is 1. The quantitative estimate of drug-likeness (QED) is 0.857. The van der Waals surface area contributed by atoms with Gasteiger partial charge in [-0.05, 0) is 43.2 Å². The van der Waals surface area contributed by atoms with E-state index in [4.69, 9.17) is 0 Å². The summed E-state index contributed by atoms with van der Waals surface area (Å²) in [5, 5.41) is 3.19. The maximum atomic E-state index is 12.7. The van der Waals surface area contributed by atoms with Crippen molar-refractivity contribution in [1.82, 2.24) is 24.8 Å². The number of hydrogen-bond donors (Lipinski definition) is 1. The fourth-order valence-electron chi connectivity index (χ4n) is 4.61. The fourth-order valence-corrected chi connectivity index (χ4v) is 4.61. The molecule has 4 rings (SSSR count). The molecule has 150 valence electrons. The van der Waals surface area contributed by atoms with Crippen LogP contribution in [0.3, 0.4) is 0 Å². The predicted octanol–water partition coefficient (Wildman–Crippen LogP) is 3.80. The van der Waals surface area contributed by atoms with Gasteiger partial charge in [0.25, 0.3) is 0 Å². The number of carbonyl (C=O) groups is 1. The third-order valence-corrected chi connectivity index (χ3v) is 6.16. The van der Waals surface area contributed by atoms with Crippen molar-refractivity contribution in [3.05, 3.63) is 48.3 Å². The van der Waals surface area contributed by atoms with Crippen LogP contribution in [0.15, 0.2) is 36.9 Å². The smallest absolute Gasteiger partial charge is 0.317 e. The van der Waals surface area contributed by atoms with Gasteiger partial charge in [-0.1, -0.05) is 25.3 Å². The second-order valence-electron chi connectivity index (χ2n) is 8.25. The lowest BCUT2D eigenvalue weighted by Gasteiger charge is -2.33. The molecule has 28 heavy (non-hydrogen) atoms. The molecule has 6 nitrogen and oxygen atoms in total. The maximum absolute atomic E-state index is 12.7. The summed E-state index contributed by atoms with van der Waals surface area (Å²) in [6.07, 6.45) is 16.2. The summed E-state index contributed by atoms with van der Waals surface area (Å²) in [4.78, 5) is 23.5. The Kier molecular flexibility index (Phi) is 6.24. The van der Waals surface area contributed by atoms with Crippen molar-refractivity contribution in [2.75, 3.05) is 19.6 Å². The first-order chi connectivity index (χ1) is 13.8. The first-order valence-corrected chi connectivity index (χ1v) is 10.7. The summed E-state index contributed by atoms with van der Waals surface area (Å²) in [6.45, 7) is 3.19. The highest BCUT2D eigenvalue weighted by atomic mass is 16.2. The minimum absolute atomic E-state index is 0.0978. The van der Waals surface area contributed by atoms with Gasteiger partial charge in [-0.15, -0.1) is 0 Å². The Morgan fingerprint density at radius 2 is 2.04 bits per heavy atom. The van der Waals surface area contributed by atoms with Gasteiger partial charge in [0.15, 0.2) is 0 Å². The summed E-state index contributed by atoms with van der Waals surface area (Å²) in [6, 6.07) is 4.15. The lowest BCUT2D eigenvalue weighted by Crippen LogP contribution is -2.46. The summed E-state index contributed by atoms with van der Waals surface area (Å²) < 4.78 is 2.20. The van der Waals surface area contributed by atoms with Crippen LogP contribution in [0.2, 0.25) is 0 Å². The monoisotopic (exact) mass is 381 g/mol. The molecule has 0 bridgehead atoms. The van der Waals surface area contributed by atoms with E-state index in [0.29, 0.717) is 11.8 Å². The molecule has 2 aromatic rings. The van der Waals surface area contributed by atoms with Crippen LogP contribution in [-0.4, -0.2) is 45.1 Å². The molecule has 0 radical (unpaired) electrons. The van der Waals surface area contributed by atoms with Gasteiger partial charge >= 0.3 is 6.03 Å². The molecule has 0 aromatic carbocycles. The normalized spacial score (nSPS) is 20.9. The van der Waals surface area contributed by atoms with Gasteiger partial charge in [0.05, 0.1) is 6.54 Å². The minimum atomic E-state index is 0.0978. The van der Waals surface area contributed by atoms with E-state index in [1.807, 2.05) is 29.6 Å². The van der Waals surface area contributed by atoms with Gasteiger partial charge in [-0.2, -0.15) is 0 Å². The number of nitrogens with one attached hydrogen (secondary N) is 1. The van der Waals surface area contributed by atoms with Gasteiger partial charge < -0.3 is 14.8 Å². The Hall–Kier alpha value is -2.37. The molecule has 1 saturated carbocycles. The topological polar surface area (TPSA) is 63.1 Å². The molecule has 0 spiro atoms. The number of nitrogens with zero attached hydrogens (tertiary/aromatic N) is 4. The van der Waals surface area contributed by atoms with Crippen LogP contribution >= 0.6 is 0 Å². The van der Waals surface area contributed by atoms with Crippen molar-refractivity contribution in [3.8, 4) is 0 Å². The lowest BCUT2D eigenvalue weighted by atomic mass is 9.89. The molecule has 1 atom stereocenters. The molecule has 1 aliphatic carbocycles. The Bertz CT molecular complexity index is 753. The molecule has 2 aromatic heterocycles. The van der Waals surface area contributed by atoms with E-state index in [0.717, 1.165) is 44.8 Å². The molecular formula is C22H31N5O. The zero-order valence-electron chi connectivity index (χ0n) is 16.6. The van der Waals surface area contributed by atoms with Gasteiger partial charge in [0, 0.05) is 50.3 Å². The van der Waals surface area contributed by atoms with E-state index < -0.39 is 0 Å². The van der Waals surface area contributed by atoms with E-state index in [1.165, 1.54) is 37.7 Å². The molecule has 2 fully saturated rings. The largest absolute Gasteiger partial charge is 0.338 e. The Balaban J connectivity index is 1.35. The van der Waals surface area contributed by atoms with E-state index >= 15 is 0 Å². The van der Waals surface area contributed by atoms with Crippen molar-refractivity contribution in [3.63, 3.8) is 0 Å². The Morgan fingerprint density at radius 3 is 2.86 bits per heavy atom. The molecule has 6 heteroatoms. The molecule has 1 unspecified atom stereocenters. The fraction of sp³-hybridized carbons (Fsp3) is 0.591. The second kappa shape index (κ2) is 9.22. The molecule has 1 N–H and O–H groups in total. The van der Waals surface area contributed by atoms with Crippen LogP contribution in [0, 0.1) is 5.92 Å². The van der Waals surface area contributed by atoms with E-state index in [-0.39, 0.29) is 6.03 Å². The van der Waals surface area contributed by atoms with Gasteiger partial charge in [0.1, 0.15) is 5.82 Å². The number of hydrogen-bond acceptors (Lipinski definition) is 3. The van der Waals surface area contributed by atoms with Crippen molar-refractivity contribution < 1.29 is 4.79 Å². The average molecular weight is 382 g/mol. The van der Waals surface area contributed by atoms with Crippen LogP contribution in [-0.2, 0) is 6.54 Å². The highest BCUT2D eigenvalue weighted by Crippen LogP contribution is 2.27. The zero-order chi connectivity index (χ0) is 19.2. The van der Waals surface area contributed by atoms with Crippen molar-refractivity contribution in [2.45, 2.75) is 57.4 Å². The van der Waals surface area contributed by atoms with E-state index in [9.17, 15) is 4.79 Å². The molecular weight excluding hydrogens is 350 g/mol. The zero-order valence-corrected chi connectivity index (χ0v) is 16.6. The van der Waals surface area contributed by atoms with E-state index in [2.05, 4.69) is 25.9 Å². The van der Waals surface area contributed by atoms with Crippen LogP contribution in [0.1, 0.15) is 62.3 Å². The third kappa shape index (κ3) is 4.72. The highest BCUT2D eigenvalue weighted by molar-refractivity contribution is 5.74. The van der Waals surface area contributed by atoms with Crippen molar-refractivity contribution in [2.24, 2.45) is 5.92 Å². The third-order valence-electron chi connectivity index (χ3n) is 6.16. The first kappa shape index (κ1) is 19.0. The van der Waals surface area contributed by atoms with Crippen LogP contribution in [0.25, 0.3) is 0 Å². The summed E-state index contributed by atoms with van der Waals surface area (Å²) >= 11 is 0. The Labute approximate surface area is 167 Å². The number of urea groups is 1. The Morgan fingerprint density at radius 1 is 1.14 bits per heavy atom. The average Bonchev–Trinajstić information content (AvgIpc) is 3.22. The van der Waals surface area contributed by atoms with Crippen LogP contribution < -0.4 is 5.32 Å². The number of amides is 2. The second-order valence-corrected chi connectivity index (χ2v) is 8.25. The molecule has 1 aliphatic heterocycles. The number of likely N-dealkylation sites (tertiary alicyclic amines) is 1. The molecule has 2 amide bonds. The van der Waals surface area contributed by atoms with Crippen molar-refractivity contribution in [1.29, 1.82) is 0 Å². The standard InChI is InChI=1S/C22H31N5O/c28-22(25-15-18-6-2-1-3-7-18)27-12-5-9-20(17-27)21-24-11-13-26(21)16-19-8-4-10-23-14-19/h4,8,10-11,13-14,18,20H,1-3,5-7,9,12,15-17H2,(H,25,28).